The molecule has 2 aromatic rings. The zero-order valence-corrected chi connectivity index (χ0v) is 16.7. The molecule has 0 radical (unpaired) electrons. The van der Waals surface area contributed by atoms with Crippen LogP contribution < -0.4 is 0 Å². The molecule has 6 nitrogen and oxygen atoms in total. The molecule has 0 amide bonds. The number of sulfonamides is 1. The fraction of sp³-hybridized carbons (Fsp3) is 0.421. The molecule has 8 heteroatoms. The van der Waals surface area contributed by atoms with Crippen LogP contribution in [0.2, 0.25) is 5.02 Å². The van der Waals surface area contributed by atoms with Gasteiger partial charge in [-0.15, -0.1) is 0 Å². The molecule has 0 unspecified atom stereocenters. The number of halogens is 1. The number of hydrogen-bond donors (Lipinski definition) is 0. The fourth-order valence-electron chi connectivity index (χ4n) is 3.05. The van der Waals surface area contributed by atoms with Gasteiger partial charge in [0.15, 0.2) is 0 Å². The molecule has 1 fully saturated rings. The van der Waals surface area contributed by atoms with E-state index in [1.54, 1.807) is 30.6 Å². The molecule has 1 aromatic carbocycles. The molecule has 146 valence electrons. The predicted molar refractivity (Wildman–Crippen MR) is 105 cm³/mol. The Balaban J connectivity index is 1.74. The minimum Gasteiger partial charge on any atom is -0.379 e. The van der Waals surface area contributed by atoms with Crippen LogP contribution in [0.25, 0.3) is 0 Å². The van der Waals surface area contributed by atoms with Crippen LogP contribution >= 0.6 is 11.6 Å². The maximum atomic E-state index is 13.2. The number of morpholine rings is 1. The Morgan fingerprint density at radius 2 is 1.89 bits per heavy atom. The summed E-state index contributed by atoms with van der Waals surface area (Å²) in [7, 11) is -3.64. The average molecular weight is 410 g/mol. The smallest absolute Gasteiger partial charge is 0.243 e. The summed E-state index contributed by atoms with van der Waals surface area (Å²) < 4.78 is 33.3. The van der Waals surface area contributed by atoms with E-state index in [1.165, 1.54) is 10.4 Å². The molecule has 0 bridgehead atoms. The van der Waals surface area contributed by atoms with E-state index in [1.807, 2.05) is 12.1 Å². The number of rotatable bonds is 8. The van der Waals surface area contributed by atoms with Crippen molar-refractivity contribution in [2.45, 2.75) is 17.9 Å². The quantitative estimate of drug-likeness (QED) is 0.670. The zero-order chi connectivity index (χ0) is 19.1. The third-order valence-corrected chi connectivity index (χ3v) is 6.60. The van der Waals surface area contributed by atoms with Crippen LogP contribution in [0.15, 0.2) is 53.7 Å². The Labute approximate surface area is 165 Å². The predicted octanol–water partition coefficient (Wildman–Crippen LogP) is 2.65. The molecule has 1 aliphatic heterocycles. The van der Waals surface area contributed by atoms with Crippen LogP contribution in [-0.4, -0.2) is 62.0 Å². The van der Waals surface area contributed by atoms with Crippen LogP contribution in [-0.2, 0) is 21.3 Å². The maximum absolute atomic E-state index is 13.2. The second kappa shape index (κ2) is 9.61. The van der Waals surface area contributed by atoms with Gasteiger partial charge < -0.3 is 4.74 Å². The number of ether oxygens (including phenoxy) is 1. The first-order valence-electron chi connectivity index (χ1n) is 9.00. The van der Waals surface area contributed by atoms with Gasteiger partial charge in [-0.2, -0.15) is 4.31 Å². The normalized spacial score (nSPS) is 15.9. The van der Waals surface area contributed by atoms with Crippen LogP contribution in [0.1, 0.15) is 12.0 Å². The molecule has 0 saturated carbocycles. The van der Waals surface area contributed by atoms with E-state index in [-0.39, 0.29) is 4.90 Å². The topological polar surface area (TPSA) is 62.7 Å². The van der Waals surface area contributed by atoms with Gasteiger partial charge in [0.1, 0.15) is 0 Å². The van der Waals surface area contributed by atoms with Gasteiger partial charge in [0.2, 0.25) is 10.0 Å². The molecular formula is C19H24ClN3O3S. The summed E-state index contributed by atoms with van der Waals surface area (Å²) in [6.07, 6.45) is 4.10. The summed E-state index contributed by atoms with van der Waals surface area (Å²) in [6.45, 7) is 4.86. The fourth-order valence-corrected chi connectivity index (χ4v) is 4.82. The Hall–Kier alpha value is -1.51. The Bertz CT molecular complexity index is 827. The highest BCUT2D eigenvalue weighted by atomic mass is 35.5. The zero-order valence-electron chi connectivity index (χ0n) is 15.1. The molecule has 3 rings (SSSR count). The van der Waals surface area contributed by atoms with Crippen molar-refractivity contribution in [3.05, 3.63) is 59.4 Å². The molecule has 27 heavy (non-hydrogen) atoms. The molecule has 0 atom stereocenters. The molecule has 1 aromatic heterocycles. The number of aromatic nitrogens is 1. The van der Waals surface area contributed by atoms with Crippen molar-refractivity contribution in [3.63, 3.8) is 0 Å². The average Bonchev–Trinajstić information content (AvgIpc) is 2.69. The van der Waals surface area contributed by atoms with Gasteiger partial charge in [0.25, 0.3) is 0 Å². The van der Waals surface area contributed by atoms with Gasteiger partial charge in [-0.1, -0.05) is 17.7 Å². The highest BCUT2D eigenvalue weighted by Gasteiger charge is 2.25. The Morgan fingerprint density at radius 1 is 1.15 bits per heavy atom. The van der Waals surface area contributed by atoms with Crippen LogP contribution in [0.3, 0.4) is 0 Å². The van der Waals surface area contributed by atoms with Crippen molar-refractivity contribution in [2.75, 3.05) is 39.4 Å². The highest BCUT2D eigenvalue weighted by molar-refractivity contribution is 7.89. The van der Waals surface area contributed by atoms with E-state index >= 15 is 0 Å². The first-order chi connectivity index (χ1) is 13.1. The van der Waals surface area contributed by atoms with Crippen LogP contribution in [0.4, 0.5) is 0 Å². The number of hydrogen-bond acceptors (Lipinski definition) is 5. The molecule has 0 aliphatic carbocycles. The molecular weight excluding hydrogens is 386 g/mol. The van der Waals surface area contributed by atoms with Gasteiger partial charge in [-0.05, 0) is 48.9 Å². The lowest BCUT2D eigenvalue weighted by Gasteiger charge is -2.28. The maximum Gasteiger partial charge on any atom is 0.243 e. The standard InChI is InChI=1S/C19H24ClN3O3S/c20-18-3-1-4-19(15-18)27(24,25)23(16-17-5-7-21-8-6-17)10-2-9-22-11-13-26-14-12-22/h1,3-8,15H,2,9-14,16H2. The van der Waals surface area contributed by atoms with Crippen molar-refractivity contribution in [1.29, 1.82) is 0 Å². The monoisotopic (exact) mass is 409 g/mol. The molecule has 1 aliphatic rings. The van der Waals surface area contributed by atoms with Crippen molar-refractivity contribution in [1.82, 2.24) is 14.2 Å². The first-order valence-corrected chi connectivity index (χ1v) is 10.8. The first kappa shape index (κ1) is 20.2. The summed E-state index contributed by atoms with van der Waals surface area (Å²) >= 11 is 6.01. The second-order valence-corrected chi connectivity index (χ2v) is 8.83. The Morgan fingerprint density at radius 3 is 2.59 bits per heavy atom. The molecule has 2 heterocycles. The lowest BCUT2D eigenvalue weighted by Crippen LogP contribution is -2.39. The summed E-state index contributed by atoms with van der Waals surface area (Å²) in [4.78, 5) is 6.53. The van der Waals surface area contributed by atoms with Crippen molar-refractivity contribution < 1.29 is 13.2 Å². The van der Waals surface area contributed by atoms with Crippen LogP contribution in [0.5, 0.6) is 0 Å². The third kappa shape index (κ3) is 5.73. The van der Waals surface area contributed by atoms with Crippen LogP contribution in [0, 0.1) is 0 Å². The van der Waals surface area contributed by atoms with E-state index < -0.39 is 10.0 Å². The van der Waals surface area contributed by atoms with Gasteiger partial charge in [0, 0.05) is 43.6 Å². The highest BCUT2D eigenvalue weighted by Crippen LogP contribution is 2.21. The van der Waals surface area contributed by atoms with E-state index in [9.17, 15) is 8.42 Å². The Kier molecular flexibility index (Phi) is 7.20. The lowest BCUT2D eigenvalue weighted by atomic mass is 10.2. The van der Waals surface area contributed by atoms with Gasteiger partial charge in [-0.3, -0.25) is 9.88 Å². The van der Waals surface area contributed by atoms with Gasteiger partial charge >= 0.3 is 0 Å². The largest absolute Gasteiger partial charge is 0.379 e. The van der Waals surface area contributed by atoms with Gasteiger partial charge in [-0.25, -0.2) is 8.42 Å². The molecule has 1 saturated heterocycles. The lowest BCUT2D eigenvalue weighted by molar-refractivity contribution is 0.0368. The van der Waals surface area contributed by atoms with E-state index in [0.717, 1.165) is 44.8 Å². The molecule has 0 spiro atoms. The van der Waals surface area contributed by atoms with E-state index in [2.05, 4.69) is 9.88 Å². The summed E-state index contributed by atoms with van der Waals surface area (Å²) in [5.74, 6) is 0. The van der Waals surface area contributed by atoms with Crippen molar-refractivity contribution >= 4 is 21.6 Å². The van der Waals surface area contributed by atoms with Crippen molar-refractivity contribution in [2.24, 2.45) is 0 Å². The SMILES string of the molecule is O=S(=O)(c1cccc(Cl)c1)N(CCCN1CCOCC1)Cc1ccncc1. The van der Waals surface area contributed by atoms with E-state index in [0.29, 0.717) is 18.1 Å². The second-order valence-electron chi connectivity index (χ2n) is 6.46. The van der Waals surface area contributed by atoms with Crippen molar-refractivity contribution in [3.8, 4) is 0 Å². The van der Waals surface area contributed by atoms with Gasteiger partial charge in [0.05, 0.1) is 18.1 Å². The minimum atomic E-state index is -3.64. The summed E-state index contributed by atoms with van der Waals surface area (Å²) in [5.41, 5.74) is 0.905. The van der Waals surface area contributed by atoms with E-state index in [4.69, 9.17) is 16.3 Å². The number of benzene rings is 1. The minimum absolute atomic E-state index is 0.218. The number of nitrogens with zero attached hydrogens (tertiary/aromatic N) is 3. The summed E-state index contributed by atoms with van der Waals surface area (Å²) in [6, 6.07) is 10.1. The third-order valence-electron chi connectivity index (χ3n) is 4.53. The summed E-state index contributed by atoms with van der Waals surface area (Å²) in [5, 5.41) is 0.410. The molecule has 0 N–H and O–H groups in total. The number of pyridine rings is 1.